The number of nitrogens with one attached hydrogen (secondary N) is 2. The molecule has 0 spiro atoms. The normalized spacial score (nSPS) is 20.1. The molecule has 0 bridgehead atoms. The average molecular weight is 541 g/mol. The Labute approximate surface area is 222 Å². The van der Waals surface area contributed by atoms with Crippen molar-refractivity contribution in [1.82, 2.24) is 20.7 Å². The molecule has 4 heterocycles. The van der Waals surface area contributed by atoms with Crippen molar-refractivity contribution in [2.75, 3.05) is 18.6 Å². The third kappa shape index (κ3) is 5.57. The fourth-order valence-corrected chi connectivity index (χ4v) is 4.93. The van der Waals surface area contributed by atoms with Gasteiger partial charge in [0.25, 0.3) is 12.3 Å². The second-order valence-electron chi connectivity index (χ2n) is 10.1. The number of hydrogen-bond donors (Lipinski definition) is 2. The van der Waals surface area contributed by atoms with Gasteiger partial charge in [-0.2, -0.15) is 5.10 Å². The predicted molar refractivity (Wildman–Crippen MR) is 140 cm³/mol. The van der Waals surface area contributed by atoms with E-state index in [1.165, 1.54) is 42.2 Å². The highest BCUT2D eigenvalue weighted by Gasteiger charge is 2.37. The number of anilines is 1. The van der Waals surface area contributed by atoms with Crippen molar-refractivity contribution in [3.05, 3.63) is 35.8 Å². The van der Waals surface area contributed by atoms with E-state index in [-0.39, 0.29) is 39.1 Å². The van der Waals surface area contributed by atoms with Gasteiger partial charge in [0.1, 0.15) is 17.3 Å². The first-order valence-electron chi connectivity index (χ1n) is 12.1. The van der Waals surface area contributed by atoms with Gasteiger partial charge in [0.05, 0.1) is 18.9 Å². The number of methoxy groups -OCH3 is 1. The maximum Gasteiger partial charge on any atom is 0.280 e. The summed E-state index contributed by atoms with van der Waals surface area (Å²) in [5, 5.41) is 6.94. The Kier molecular flexibility index (Phi) is 6.96. The molecule has 9 nitrogen and oxygen atoms in total. The maximum atomic E-state index is 13.6. The largest absolute Gasteiger partial charge is 0.494 e. The van der Waals surface area contributed by atoms with E-state index in [9.17, 15) is 18.4 Å². The number of alkyl halides is 2. The summed E-state index contributed by atoms with van der Waals surface area (Å²) in [5.41, 5.74) is 2.75. The van der Waals surface area contributed by atoms with Gasteiger partial charge in [-0.15, -0.1) is 0 Å². The number of rotatable bonds is 5. The van der Waals surface area contributed by atoms with Gasteiger partial charge in [-0.1, -0.05) is 25.7 Å². The van der Waals surface area contributed by atoms with Crippen LogP contribution in [0.25, 0.3) is 11.1 Å². The van der Waals surface area contributed by atoms with Gasteiger partial charge in [-0.3, -0.25) is 30.2 Å². The quantitative estimate of drug-likeness (QED) is 0.553. The highest BCUT2D eigenvalue weighted by atomic mass is 32.2. The van der Waals surface area contributed by atoms with Crippen LogP contribution in [0, 0.1) is 23.2 Å². The number of nitrogens with zero attached hydrogens (tertiary/aromatic N) is 4. The number of carbonyl (C=O) groups excluding carboxylic acids is 2. The van der Waals surface area contributed by atoms with E-state index < -0.39 is 18.0 Å². The van der Waals surface area contributed by atoms with Crippen LogP contribution in [0.3, 0.4) is 0 Å². The van der Waals surface area contributed by atoms with E-state index in [0.717, 1.165) is 12.8 Å². The van der Waals surface area contributed by atoms with Crippen molar-refractivity contribution in [3.8, 4) is 28.7 Å². The van der Waals surface area contributed by atoms with Crippen molar-refractivity contribution in [2.24, 2.45) is 16.4 Å². The van der Waals surface area contributed by atoms with Gasteiger partial charge in [-0.25, -0.2) is 13.8 Å². The van der Waals surface area contributed by atoms with Gasteiger partial charge < -0.3 is 4.74 Å². The summed E-state index contributed by atoms with van der Waals surface area (Å²) in [7, 11) is 1.38. The SMILES string of the molecule is COc1cnc(C(F)F)cc1-c1cc(N2CC(C)(C)CC2=O)ncc1C(=O)NC1=NNC(C#CC2CC2)S1. The van der Waals surface area contributed by atoms with Crippen LogP contribution in [-0.2, 0) is 4.79 Å². The molecule has 0 radical (unpaired) electrons. The molecule has 3 aliphatic rings. The maximum absolute atomic E-state index is 13.6. The number of amides is 2. The summed E-state index contributed by atoms with van der Waals surface area (Å²) < 4.78 is 32.5. The second-order valence-corrected chi connectivity index (χ2v) is 11.2. The van der Waals surface area contributed by atoms with Crippen molar-refractivity contribution in [3.63, 3.8) is 0 Å². The van der Waals surface area contributed by atoms with Crippen molar-refractivity contribution >= 4 is 34.6 Å². The van der Waals surface area contributed by atoms with Gasteiger partial charge in [0, 0.05) is 36.2 Å². The lowest BCUT2D eigenvalue weighted by Gasteiger charge is -2.21. The van der Waals surface area contributed by atoms with E-state index in [1.54, 1.807) is 6.07 Å². The molecule has 12 heteroatoms. The monoisotopic (exact) mass is 540 g/mol. The van der Waals surface area contributed by atoms with Gasteiger partial charge in [0.2, 0.25) is 5.91 Å². The van der Waals surface area contributed by atoms with Crippen LogP contribution in [0.5, 0.6) is 5.75 Å². The van der Waals surface area contributed by atoms with E-state index >= 15 is 0 Å². The Bertz CT molecular complexity index is 1380. The molecule has 0 aromatic carbocycles. The molecule has 5 rings (SSSR count). The van der Waals surface area contributed by atoms with Crippen LogP contribution in [0.15, 0.2) is 29.6 Å². The summed E-state index contributed by atoms with van der Waals surface area (Å²) in [4.78, 5) is 35.8. The molecule has 1 unspecified atom stereocenters. The van der Waals surface area contributed by atoms with E-state index in [2.05, 4.69) is 37.7 Å². The molecule has 2 N–H and O–H groups in total. The lowest BCUT2D eigenvalue weighted by Crippen LogP contribution is -2.30. The van der Waals surface area contributed by atoms with Gasteiger partial charge in [-0.05, 0) is 42.2 Å². The molecular formula is C26H26F2N6O3S. The summed E-state index contributed by atoms with van der Waals surface area (Å²) >= 11 is 1.27. The minimum Gasteiger partial charge on any atom is -0.494 e. The van der Waals surface area contributed by atoms with Gasteiger partial charge in [0.15, 0.2) is 10.5 Å². The molecule has 2 aromatic rings. The molecule has 2 aliphatic heterocycles. The Balaban J connectivity index is 1.50. The summed E-state index contributed by atoms with van der Waals surface area (Å²) in [5.74, 6) is 6.54. The number of halogens is 2. The zero-order valence-electron chi connectivity index (χ0n) is 21.0. The van der Waals surface area contributed by atoms with E-state index in [1.807, 2.05) is 13.8 Å². The number of hydrazone groups is 1. The number of aromatic nitrogens is 2. The Morgan fingerprint density at radius 1 is 1.24 bits per heavy atom. The summed E-state index contributed by atoms with van der Waals surface area (Å²) in [6, 6.07) is 2.73. The van der Waals surface area contributed by atoms with Crippen LogP contribution in [0.4, 0.5) is 14.6 Å². The van der Waals surface area contributed by atoms with E-state index in [4.69, 9.17) is 4.74 Å². The van der Waals surface area contributed by atoms with E-state index in [0.29, 0.717) is 29.9 Å². The van der Waals surface area contributed by atoms with Crippen molar-refractivity contribution < 1.29 is 23.1 Å². The molecule has 1 saturated heterocycles. The fraction of sp³-hybridized carbons (Fsp3) is 0.423. The zero-order valence-corrected chi connectivity index (χ0v) is 21.9. The number of ether oxygens (including phenoxy) is 1. The molecule has 198 valence electrons. The molecule has 1 saturated carbocycles. The highest BCUT2D eigenvalue weighted by Crippen LogP contribution is 2.38. The molecule has 2 amide bonds. The van der Waals surface area contributed by atoms with Crippen LogP contribution < -0.4 is 20.4 Å². The molecule has 1 atom stereocenters. The Morgan fingerprint density at radius 3 is 2.68 bits per heavy atom. The summed E-state index contributed by atoms with van der Waals surface area (Å²) in [6.45, 7) is 4.39. The number of thioether (sulfide) groups is 1. The molecule has 38 heavy (non-hydrogen) atoms. The predicted octanol–water partition coefficient (Wildman–Crippen LogP) is 3.93. The lowest BCUT2D eigenvalue weighted by molar-refractivity contribution is -0.117. The fourth-order valence-electron chi connectivity index (χ4n) is 4.22. The lowest BCUT2D eigenvalue weighted by atomic mass is 9.93. The third-order valence-electron chi connectivity index (χ3n) is 6.28. The molecule has 1 aliphatic carbocycles. The summed E-state index contributed by atoms with van der Waals surface area (Å²) in [6.07, 6.45) is 2.24. The number of amidine groups is 1. The van der Waals surface area contributed by atoms with Gasteiger partial charge >= 0.3 is 0 Å². The van der Waals surface area contributed by atoms with Crippen molar-refractivity contribution in [1.29, 1.82) is 0 Å². The topological polar surface area (TPSA) is 109 Å². The molecule has 2 fully saturated rings. The Hall–Kier alpha value is -3.72. The number of pyridine rings is 2. The first-order valence-corrected chi connectivity index (χ1v) is 13.0. The third-order valence-corrected chi connectivity index (χ3v) is 7.15. The minimum atomic E-state index is -2.83. The van der Waals surface area contributed by atoms with Crippen LogP contribution in [-0.4, -0.2) is 46.0 Å². The first kappa shape index (κ1) is 25.9. The first-order chi connectivity index (χ1) is 18.1. The standard InChI is InChI=1S/C26H26F2N6O3S/c1-26(2)10-22(35)34(13-26)20-9-15(16-8-18(23(27)28)29-12-19(16)37-3)17(11-30-20)24(36)31-25-33-32-21(38-25)7-6-14-4-5-14/h8-9,11-12,14,21,23,32H,4-5,10,13H2,1-3H3,(H,31,33,36). The molecule has 2 aromatic heterocycles. The average Bonchev–Trinajstić information content (AvgIpc) is 3.54. The van der Waals surface area contributed by atoms with Crippen LogP contribution >= 0.6 is 11.8 Å². The molecular weight excluding hydrogens is 514 g/mol. The smallest absolute Gasteiger partial charge is 0.280 e. The minimum absolute atomic E-state index is 0.0974. The number of carbonyl (C=O) groups is 2. The van der Waals surface area contributed by atoms with Crippen LogP contribution in [0.2, 0.25) is 0 Å². The van der Waals surface area contributed by atoms with Crippen LogP contribution in [0.1, 0.15) is 55.6 Å². The zero-order chi connectivity index (χ0) is 27.0. The number of hydrogen-bond acceptors (Lipinski definition) is 8. The van der Waals surface area contributed by atoms with Crippen molar-refractivity contribution in [2.45, 2.75) is 44.9 Å². The highest BCUT2D eigenvalue weighted by molar-refractivity contribution is 8.14. The second kappa shape index (κ2) is 10.2. The Morgan fingerprint density at radius 2 is 2.03 bits per heavy atom.